The second-order valence-corrected chi connectivity index (χ2v) is 1.59. The minimum absolute atomic E-state index is 1.08. The normalized spacial score (nSPS) is 16.2. The molecule has 0 bridgehead atoms. The summed E-state index contributed by atoms with van der Waals surface area (Å²) < 4.78 is 0. The van der Waals surface area contributed by atoms with Crippen molar-refractivity contribution >= 4 is 5.97 Å². The molecule has 52 valence electrons. The van der Waals surface area contributed by atoms with Gasteiger partial charge in [-0.05, 0) is 0 Å². The van der Waals surface area contributed by atoms with Crippen molar-refractivity contribution in [2.75, 3.05) is 0 Å². The smallest absolute Gasteiger partial charge is 0.323 e. The highest BCUT2D eigenvalue weighted by Crippen LogP contribution is 1.89. The fraction of sp³-hybridized carbons (Fsp3) is 0.400. The van der Waals surface area contributed by atoms with Crippen LogP contribution in [0.1, 0.15) is 0 Å². The van der Waals surface area contributed by atoms with Gasteiger partial charge in [-0.3, -0.25) is 4.79 Å². The predicted molar refractivity (Wildman–Crippen MR) is 31.8 cm³/mol. The Kier molecular flexibility index (Phi) is 2.90. The summed E-state index contributed by atoms with van der Waals surface area (Å²) in [6, 6.07) is -1.26. The standard InChI is InChI=1S/C5H9NO3/c1-2-3(7)4(6)5(8)9/h2-4,7H,1,6H2,(H,8,9)/t3?,4-/m0/s1. The Balaban J connectivity index is 3.86. The molecule has 0 aromatic rings. The fourth-order valence-electron chi connectivity index (χ4n) is 0.293. The number of hydrogen-bond donors (Lipinski definition) is 3. The highest BCUT2D eigenvalue weighted by molar-refractivity contribution is 5.74. The molecular formula is C5H9NO3. The summed E-state index contributed by atoms with van der Waals surface area (Å²) >= 11 is 0. The van der Waals surface area contributed by atoms with E-state index in [2.05, 4.69) is 6.58 Å². The summed E-state index contributed by atoms with van der Waals surface area (Å²) in [6.45, 7) is 3.17. The van der Waals surface area contributed by atoms with Crippen molar-refractivity contribution in [1.29, 1.82) is 0 Å². The Bertz CT molecular complexity index is 123. The van der Waals surface area contributed by atoms with Crippen molar-refractivity contribution in [1.82, 2.24) is 0 Å². The molecule has 0 aliphatic carbocycles. The van der Waals surface area contributed by atoms with Crippen LogP contribution < -0.4 is 5.73 Å². The predicted octanol–water partition coefficient (Wildman–Crippen LogP) is -1.05. The quantitative estimate of drug-likeness (QED) is 0.426. The van der Waals surface area contributed by atoms with E-state index in [4.69, 9.17) is 15.9 Å². The van der Waals surface area contributed by atoms with E-state index in [1.807, 2.05) is 0 Å². The summed E-state index contributed by atoms with van der Waals surface area (Å²) in [7, 11) is 0. The summed E-state index contributed by atoms with van der Waals surface area (Å²) in [6.07, 6.45) is -0.0822. The van der Waals surface area contributed by atoms with Gasteiger partial charge >= 0.3 is 5.97 Å². The van der Waals surface area contributed by atoms with Gasteiger partial charge < -0.3 is 15.9 Å². The summed E-state index contributed by atoms with van der Waals surface area (Å²) in [5.41, 5.74) is 4.95. The third kappa shape index (κ3) is 2.25. The van der Waals surface area contributed by atoms with E-state index in [9.17, 15) is 4.79 Å². The van der Waals surface area contributed by atoms with Crippen LogP contribution in [0.4, 0.5) is 0 Å². The average molecular weight is 131 g/mol. The Hall–Kier alpha value is -0.870. The molecule has 4 nitrogen and oxygen atoms in total. The Morgan fingerprint density at radius 3 is 2.33 bits per heavy atom. The van der Waals surface area contributed by atoms with Crippen LogP contribution >= 0.6 is 0 Å². The Morgan fingerprint density at radius 1 is 1.78 bits per heavy atom. The lowest BCUT2D eigenvalue weighted by atomic mass is 10.2. The van der Waals surface area contributed by atoms with Gasteiger partial charge in [0.1, 0.15) is 6.04 Å². The SMILES string of the molecule is C=CC(O)[C@H](N)C(=O)O. The van der Waals surface area contributed by atoms with Crippen LogP contribution in [0.3, 0.4) is 0 Å². The second-order valence-electron chi connectivity index (χ2n) is 1.59. The molecule has 4 N–H and O–H groups in total. The lowest BCUT2D eigenvalue weighted by molar-refractivity contribution is -0.140. The van der Waals surface area contributed by atoms with Crippen LogP contribution in [0.25, 0.3) is 0 Å². The van der Waals surface area contributed by atoms with Crippen molar-refractivity contribution in [3.8, 4) is 0 Å². The Morgan fingerprint density at radius 2 is 2.22 bits per heavy atom. The zero-order valence-electron chi connectivity index (χ0n) is 4.82. The molecule has 0 aliphatic rings. The van der Waals surface area contributed by atoms with Gasteiger partial charge in [0, 0.05) is 0 Å². The summed E-state index contributed by atoms with van der Waals surface area (Å²) in [5, 5.41) is 16.8. The van der Waals surface area contributed by atoms with Crippen LogP contribution in [-0.4, -0.2) is 28.3 Å². The number of hydrogen-bond acceptors (Lipinski definition) is 3. The van der Waals surface area contributed by atoms with E-state index < -0.39 is 18.1 Å². The molecular weight excluding hydrogens is 122 g/mol. The zero-order valence-corrected chi connectivity index (χ0v) is 4.82. The van der Waals surface area contributed by atoms with Crippen LogP contribution in [0.2, 0.25) is 0 Å². The molecule has 0 spiro atoms. The molecule has 1 unspecified atom stereocenters. The first-order valence-electron chi connectivity index (χ1n) is 2.38. The number of rotatable bonds is 3. The zero-order chi connectivity index (χ0) is 7.44. The van der Waals surface area contributed by atoms with Gasteiger partial charge in [-0.25, -0.2) is 0 Å². The maximum Gasteiger partial charge on any atom is 0.323 e. The van der Waals surface area contributed by atoms with E-state index >= 15 is 0 Å². The molecule has 0 heterocycles. The van der Waals surface area contributed by atoms with Crippen LogP contribution in [-0.2, 0) is 4.79 Å². The van der Waals surface area contributed by atoms with E-state index in [1.165, 1.54) is 0 Å². The van der Waals surface area contributed by atoms with Crippen LogP contribution in [0, 0.1) is 0 Å². The van der Waals surface area contributed by atoms with Crippen molar-refractivity contribution in [2.45, 2.75) is 12.1 Å². The summed E-state index contributed by atoms with van der Waals surface area (Å²) in [4.78, 5) is 9.97. The lowest BCUT2D eigenvalue weighted by Crippen LogP contribution is -2.40. The molecule has 2 atom stereocenters. The highest BCUT2D eigenvalue weighted by atomic mass is 16.4. The first-order chi connectivity index (χ1) is 4.09. The molecule has 0 fully saturated rings. The number of carboxylic acid groups (broad SMARTS) is 1. The molecule has 0 aromatic carbocycles. The largest absolute Gasteiger partial charge is 0.480 e. The first-order valence-corrected chi connectivity index (χ1v) is 2.38. The molecule has 0 rings (SSSR count). The molecule has 4 heteroatoms. The van der Waals surface area contributed by atoms with Gasteiger partial charge in [-0.15, -0.1) is 6.58 Å². The maximum absolute atomic E-state index is 9.97. The number of nitrogens with two attached hydrogens (primary N) is 1. The number of aliphatic carboxylic acids is 1. The van der Waals surface area contributed by atoms with Crippen LogP contribution in [0.15, 0.2) is 12.7 Å². The molecule has 0 radical (unpaired) electrons. The molecule has 9 heavy (non-hydrogen) atoms. The first kappa shape index (κ1) is 8.13. The van der Waals surface area contributed by atoms with Crippen molar-refractivity contribution in [3.05, 3.63) is 12.7 Å². The molecule has 0 aliphatic heterocycles. The van der Waals surface area contributed by atoms with E-state index in [0.717, 1.165) is 6.08 Å². The van der Waals surface area contributed by atoms with Gasteiger partial charge in [-0.2, -0.15) is 0 Å². The molecule has 0 amide bonds. The number of carboxylic acids is 1. The third-order valence-corrected chi connectivity index (χ3v) is 0.895. The van der Waals surface area contributed by atoms with Gasteiger partial charge in [0.25, 0.3) is 0 Å². The van der Waals surface area contributed by atoms with Gasteiger partial charge in [-0.1, -0.05) is 6.08 Å². The van der Waals surface area contributed by atoms with Crippen LogP contribution in [0.5, 0.6) is 0 Å². The average Bonchev–Trinajstić information content (AvgIpc) is 1.84. The molecule has 0 saturated carbocycles. The van der Waals surface area contributed by atoms with Gasteiger partial charge in [0.15, 0.2) is 0 Å². The fourth-order valence-corrected chi connectivity index (χ4v) is 0.293. The van der Waals surface area contributed by atoms with E-state index in [1.54, 1.807) is 0 Å². The third-order valence-electron chi connectivity index (χ3n) is 0.895. The van der Waals surface area contributed by atoms with E-state index in [-0.39, 0.29) is 0 Å². The van der Waals surface area contributed by atoms with E-state index in [0.29, 0.717) is 0 Å². The van der Waals surface area contributed by atoms with Gasteiger partial charge in [0.2, 0.25) is 0 Å². The minimum atomic E-state index is -1.26. The van der Waals surface area contributed by atoms with Crippen molar-refractivity contribution in [2.24, 2.45) is 5.73 Å². The van der Waals surface area contributed by atoms with Crippen molar-refractivity contribution < 1.29 is 15.0 Å². The molecule has 0 aromatic heterocycles. The van der Waals surface area contributed by atoms with Crippen molar-refractivity contribution in [3.63, 3.8) is 0 Å². The number of aliphatic hydroxyl groups is 1. The Labute approximate surface area is 52.6 Å². The lowest BCUT2D eigenvalue weighted by Gasteiger charge is -2.08. The monoisotopic (exact) mass is 131 g/mol. The van der Waals surface area contributed by atoms with Gasteiger partial charge in [0.05, 0.1) is 6.10 Å². The number of aliphatic hydroxyl groups excluding tert-OH is 1. The summed E-state index contributed by atoms with van der Waals surface area (Å²) in [5.74, 6) is -1.23. The topological polar surface area (TPSA) is 83.5 Å². The minimum Gasteiger partial charge on any atom is -0.480 e. The molecule has 0 saturated heterocycles. The highest BCUT2D eigenvalue weighted by Gasteiger charge is 2.17. The maximum atomic E-state index is 9.97. The number of carbonyl (C=O) groups is 1. The second kappa shape index (κ2) is 3.21.